The highest BCUT2D eigenvalue weighted by Crippen LogP contribution is 2.78. The van der Waals surface area contributed by atoms with Crippen LogP contribution in [-0.4, -0.2) is 20.2 Å². The number of allylic oxidation sites excluding steroid dienone is 3. The first kappa shape index (κ1) is 24.6. The van der Waals surface area contributed by atoms with Gasteiger partial charge in [0.15, 0.2) is 8.32 Å². The van der Waals surface area contributed by atoms with Crippen molar-refractivity contribution in [3.05, 3.63) is 23.3 Å². The van der Waals surface area contributed by atoms with Crippen LogP contribution in [0.4, 0.5) is 0 Å². The van der Waals surface area contributed by atoms with Crippen LogP contribution >= 0.6 is 0 Å². The molecule has 0 bridgehead atoms. The molecule has 0 aromatic heterocycles. The quantitative estimate of drug-likeness (QED) is 0.300. The predicted molar refractivity (Wildman–Crippen MR) is 128 cm³/mol. The van der Waals surface area contributed by atoms with Gasteiger partial charge in [-0.05, 0) is 50.2 Å². The third-order valence-electron chi connectivity index (χ3n) is 8.81. The van der Waals surface area contributed by atoms with Crippen molar-refractivity contribution in [2.75, 3.05) is 0 Å². The zero-order valence-corrected chi connectivity index (χ0v) is 22.2. The Kier molecular flexibility index (Phi) is 6.60. The summed E-state index contributed by atoms with van der Waals surface area (Å²) in [5.41, 5.74) is 2.71. The SMILES string of the molecule is CCC(=O)[C@@]1(C)[C@@H]2[C@@H](/C(C)=C/[C@@H](C)[C@@H](CC)O[Si](C)(C)C(C)(C)C)C(C)=C[C@@]21C. The molecular weight excluding hydrogens is 372 g/mol. The summed E-state index contributed by atoms with van der Waals surface area (Å²) in [5.74, 6) is 1.62. The monoisotopic (exact) mass is 418 g/mol. The molecule has 2 rings (SSSR count). The molecule has 1 saturated carbocycles. The molecule has 0 heterocycles. The van der Waals surface area contributed by atoms with E-state index in [1.165, 1.54) is 11.1 Å². The zero-order chi connectivity index (χ0) is 22.6. The standard InChI is InChI=1S/C26H46O2Si/c1-13-20(28-29(11,12)24(6,7)8)17(3)15-18(4)22-19(5)16-25(9)23(22)26(25,10)21(27)14-2/h15-17,20,22-23H,13-14H2,1-12H3/b18-15+/t17-,20-,22+,23-,25+,26+/m1/s1. The van der Waals surface area contributed by atoms with E-state index in [1.807, 2.05) is 6.92 Å². The summed E-state index contributed by atoms with van der Waals surface area (Å²) >= 11 is 0. The molecule has 0 aliphatic heterocycles. The summed E-state index contributed by atoms with van der Waals surface area (Å²) in [6.07, 6.45) is 6.78. The van der Waals surface area contributed by atoms with Crippen molar-refractivity contribution in [3.8, 4) is 0 Å². The van der Waals surface area contributed by atoms with E-state index in [1.54, 1.807) is 0 Å². The smallest absolute Gasteiger partial charge is 0.192 e. The molecule has 2 aliphatic carbocycles. The first-order valence-corrected chi connectivity index (χ1v) is 14.6. The highest BCUT2D eigenvalue weighted by molar-refractivity contribution is 6.74. The Morgan fingerprint density at radius 2 is 1.83 bits per heavy atom. The number of hydrogen-bond donors (Lipinski definition) is 0. The van der Waals surface area contributed by atoms with Crippen LogP contribution in [0.15, 0.2) is 23.3 Å². The second-order valence-corrected chi connectivity index (χ2v) is 16.5. The number of carbonyl (C=O) groups excluding carboxylic acids is 1. The summed E-state index contributed by atoms with van der Waals surface area (Å²) in [6.45, 7) is 27.2. The van der Waals surface area contributed by atoms with Crippen molar-refractivity contribution in [2.24, 2.45) is 28.6 Å². The van der Waals surface area contributed by atoms with E-state index in [0.29, 0.717) is 30.0 Å². The maximum Gasteiger partial charge on any atom is 0.192 e. The lowest BCUT2D eigenvalue weighted by atomic mass is 9.81. The molecule has 0 amide bonds. The number of ketones is 1. The zero-order valence-electron chi connectivity index (χ0n) is 21.2. The lowest BCUT2D eigenvalue weighted by molar-refractivity contribution is -0.124. The van der Waals surface area contributed by atoms with Crippen LogP contribution < -0.4 is 0 Å². The topological polar surface area (TPSA) is 26.3 Å². The highest BCUT2D eigenvalue weighted by Gasteiger charge is 2.77. The van der Waals surface area contributed by atoms with Gasteiger partial charge in [-0.1, -0.05) is 78.7 Å². The predicted octanol–water partition coefficient (Wildman–Crippen LogP) is 7.57. The average molecular weight is 419 g/mol. The van der Waals surface area contributed by atoms with Gasteiger partial charge in [-0.15, -0.1) is 0 Å². The van der Waals surface area contributed by atoms with Crippen LogP contribution in [0.3, 0.4) is 0 Å². The lowest BCUT2D eigenvalue weighted by Gasteiger charge is -2.40. The van der Waals surface area contributed by atoms with E-state index in [0.717, 1.165) is 6.42 Å². The van der Waals surface area contributed by atoms with Crippen LogP contribution in [0.1, 0.15) is 82.1 Å². The van der Waals surface area contributed by atoms with Crippen molar-refractivity contribution < 1.29 is 9.22 Å². The van der Waals surface area contributed by atoms with Crippen LogP contribution in [0.25, 0.3) is 0 Å². The fourth-order valence-corrected chi connectivity index (χ4v) is 7.31. The Balaban J connectivity index is 2.24. The Morgan fingerprint density at radius 3 is 2.28 bits per heavy atom. The molecule has 2 nitrogen and oxygen atoms in total. The van der Waals surface area contributed by atoms with Crippen molar-refractivity contribution >= 4 is 14.1 Å². The molecule has 2 aliphatic rings. The molecule has 0 radical (unpaired) electrons. The summed E-state index contributed by atoms with van der Waals surface area (Å²) < 4.78 is 6.78. The maximum atomic E-state index is 12.8. The van der Waals surface area contributed by atoms with Crippen LogP contribution in [0, 0.1) is 28.6 Å². The van der Waals surface area contributed by atoms with E-state index < -0.39 is 8.32 Å². The minimum absolute atomic E-state index is 0.0367. The number of Topliss-reactive ketones (excluding diaryl/α,β-unsaturated/α-hetero) is 1. The highest BCUT2D eigenvalue weighted by atomic mass is 28.4. The molecule has 6 atom stereocenters. The molecule has 29 heavy (non-hydrogen) atoms. The van der Waals surface area contributed by atoms with Crippen LogP contribution in [0.5, 0.6) is 0 Å². The first-order valence-electron chi connectivity index (χ1n) is 11.7. The number of carbonyl (C=O) groups is 1. The van der Waals surface area contributed by atoms with E-state index in [4.69, 9.17) is 4.43 Å². The van der Waals surface area contributed by atoms with Crippen molar-refractivity contribution in [1.29, 1.82) is 0 Å². The number of rotatable bonds is 8. The van der Waals surface area contributed by atoms with Gasteiger partial charge in [0.1, 0.15) is 5.78 Å². The average Bonchev–Trinajstić information content (AvgIpc) is 2.91. The molecule has 0 aromatic carbocycles. The van der Waals surface area contributed by atoms with Gasteiger partial charge < -0.3 is 4.43 Å². The van der Waals surface area contributed by atoms with Crippen molar-refractivity contribution in [3.63, 3.8) is 0 Å². The molecule has 0 saturated heterocycles. The Labute approximate surface area is 181 Å². The fourth-order valence-electron chi connectivity index (χ4n) is 5.82. The molecule has 0 spiro atoms. The molecule has 166 valence electrons. The van der Waals surface area contributed by atoms with Crippen LogP contribution in [0.2, 0.25) is 18.1 Å². The second-order valence-electron chi connectivity index (χ2n) is 11.7. The van der Waals surface area contributed by atoms with Crippen molar-refractivity contribution in [2.45, 2.75) is 106 Å². The Hall–Kier alpha value is -0.673. The molecular formula is C26H46O2Si. The third kappa shape index (κ3) is 3.87. The van der Waals surface area contributed by atoms with Gasteiger partial charge in [0.2, 0.25) is 0 Å². The molecule has 3 heteroatoms. The van der Waals surface area contributed by atoms with Gasteiger partial charge in [0.25, 0.3) is 0 Å². The maximum absolute atomic E-state index is 12.8. The van der Waals surface area contributed by atoms with Gasteiger partial charge in [0, 0.05) is 23.2 Å². The summed E-state index contributed by atoms with van der Waals surface area (Å²) in [5, 5.41) is 0.224. The second kappa shape index (κ2) is 7.78. The Bertz CT molecular complexity index is 711. The summed E-state index contributed by atoms with van der Waals surface area (Å²) in [4.78, 5) is 12.8. The van der Waals surface area contributed by atoms with E-state index in [2.05, 4.69) is 87.6 Å². The normalized spacial score (nSPS) is 34.5. The summed E-state index contributed by atoms with van der Waals surface area (Å²) in [6, 6.07) is 0. The van der Waals surface area contributed by atoms with Crippen LogP contribution in [-0.2, 0) is 9.22 Å². The van der Waals surface area contributed by atoms with Gasteiger partial charge in [-0.2, -0.15) is 0 Å². The largest absolute Gasteiger partial charge is 0.413 e. The molecule has 0 aromatic rings. The minimum Gasteiger partial charge on any atom is -0.413 e. The van der Waals surface area contributed by atoms with Gasteiger partial charge in [-0.25, -0.2) is 0 Å². The fraction of sp³-hybridized carbons (Fsp3) is 0.808. The summed E-state index contributed by atoms with van der Waals surface area (Å²) in [7, 11) is -1.79. The molecule has 0 unspecified atom stereocenters. The van der Waals surface area contributed by atoms with E-state index in [9.17, 15) is 4.79 Å². The number of fused-ring (bicyclic) bond motifs is 1. The van der Waals surface area contributed by atoms with E-state index >= 15 is 0 Å². The van der Waals surface area contributed by atoms with E-state index in [-0.39, 0.29) is 22.0 Å². The minimum atomic E-state index is -1.79. The van der Waals surface area contributed by atoms with Gasteiger partial charge >= 0.3 is 0 Å². The third-order valence-corrected chi connectivity index (χ3v) is 13.3. The Morgan fingerprint density at radius 1 is 1.28 bits per heavy atom. The lowest BCUT2D eigenvalue weighted by Crippen LogP contribution is -2.45. The van der Waals surface area contributed by atoms with Gasteiger partial charge in [0.05, 0.1) is 6.10 Å². The van der Waals surface area contributed by atoms with Gasteiger partial charge in [-0.3, -0.25) is 4.79 Å². The number of hydrogen-bond acceptors (Lipinski definition) is 2. The first-order chi connectivity index (χ1) is 13.1. The molecule has 1 fully saturated rings. The molecule has 0 N–H and O–H groups in total. The van der Waals surface area contributed by atoms with Crippen molar-refractivity contribution in [1.82, 2.24) is 0 Å².